The lowest BCUT2D eigenvalue weighted by molar-refractivity contribution is -0.116. The highest BCUT2D eigenvalue weighted by atomic mass is 16.5. The molecule has 0 spiro atoms. The number of nitrogens with one attached hydrogen (secondary N) is 2. The lowest BCUT2D eigenvalue weighted by atomic mass is 10.1. The van der Waals surface area contributed by atoms with E-state index in [9.17, 15) is 14.4 Å². The third-order valence-corrected chi connectivity index (χ3v) is 5.26. The summed E-state index contributed by atoms with van der Waals surface area (Å²) in [6.07, 6.45) is 2.21. The van der Waals surface area contributed by atoms with Crippen molar-refractivity contribution in [2.24, 2.45) is 0 Å². The first-order valence-electron chi connectivity index (χ1n) is 11.0. The molecule has 0 unspecified atom stereocenters. The largest absolute Gasteiger partial charge is 0.462 e. The number of hydrogen-bond acceptors (Lipinski definition) is 7. The number of morpholine rings is 1. The molecule has 0 bridgehead atoms. The molecule has 1 fully saturated rings. The standard InChI is InChI=1S/C23H30N4O5/c1-3-4-13-32-22(30)17-5-7-18(8-6-17)25-20(28)10-9-19-16(2)24-23(26-21(19)29)27-11-14-31-15-12-27/h5-8H,3-4,9-15H2,1-2H3,(H,25,28)(H,24,26,29). The van der Waals surface area contributed by atoms with Gasteiger partial charge in [0.15, 0.2) is 0 Å². The minimum atomic E-state index is -0.376. The third-order valence-electron chi connectivity index (χ3n) is 5.26. The summed E-state index contributed by atoms with van der Waals surface area (Å²) in [7, 11) is 0. The Morgan fingerprint density at radius 3 is 2.59 bits per heavy atom. The van der Waals surface area contributed by atoms with Crippen molar-refractivity contribution in [2.75, 3.05) is 43.1 Å². The number of aryl methyl sites for hydroxylation is 1. The number of esters is 1. The molecule has 0 atom stereocenters. The molecule has 172 valence electrons. The highest BCUT2D eigenvalue weighted by molar-refractivity contribution is 5.93. The Hall–Kier alpha value is -3.20. The number of carbonyl (C=O) groups is 2. The predicted octanol–water partition coefficient (Wildman–Crippen LogP) is 2.44. The average molecular weight is 443 g/mol. The lowest BCUT2D eigenvalue weighted by Crippen LogP contribution is -2.38. The summed E-state index contributed by atoms with van der Waals surface area (Å²) in [4.78, 5) is 46.2. The SMILES string of the molecule is CCCCOC(=O)c1ccc(NC(=O)CCc2c(C)nc(N3CCOCC3)[nH]c2=O)cc1. The minimum absolute atomic E-state index is 0.142. The molecule has 3 rings (SSSR count). The van der Waals surface area contributed by atoms with Crippen LogP contribution in [0.25, 0.3) is 0 Å². The van der Waals surface area contributed by atoms with Crippen molar-refractivity contribution in [3.63, 3.8) is 0 Å². The quantitative estimate of drug-likeness (QED) is 0.453. The van der Waals surface area contributed by atoms with Crippen molar-refractivity contribution >= 4 is 23.5 Å². The maximum absolute atomic E-state index is 12.5. The van der Waals surface area contributed by atoms with Crippen molar-refractivity contribution in [1.82, 2.24) is 9.97 Å². The van der Waals surface area contributed by atoms with Gasteiger partial charge in [0.05, 0.1) is 25.4 Å². The van der Waals surface area contributed by atoms with Gasteiger partial charge in [0.1, 0.15) is 0 Å². The van der Waals surface area contributed by atoms with Gasteiger partial charge in [-0.1, -0.05) is 13.3 Å². The van der Waals surface area contributed by atoms with Crippen molar-refractivity contribution in [1.29, 1.82) is 0 Å². The van der Waals surface area contributed by atoms with Crippen LogP contribution in [-0.2, 0) is 20.7 Å². The summed E-state index contributed by atoms with van der Waals surface area (Å²) < 4.78 is 10.5. The molecule has 2 heterocycles. The molecule has 1 aromatic heterocycles. The van der Waals surface area contributed by atoms with Gasteiger partial charge in [0, 0.05) is 36.5 Å². The van der Waals surface area contributed by atoms with E-state index in [1.807, 2.05) is 11.8 Å². The van der Waals surface area contributed by atoms with Gasteiger partial charge in [0.25, 0.3) is 5.56 Å². The first-order valence-corrected chi connectivity index (χ1v) is 11.0. The molecule has 1 aliphatic rings. The van der Waals surface area contributed by atoms with E-state index in [-0.39, 0.29) is 30.3 Å². The van der Waals surface area contributed by atoms with E-state index in [2.05, 4.69) is 15.3 Å². The van der Waals surface area contributed by atoms with Crippen LogP contribution in [0.2, 0.25) is 0 Å². The summed E-state index contributed by atoms with van der Waals surface area (Å²) in [5.74, 6) is -0.0595. The molecule has 0 radical (unpaired) electrons. The van der Waals surface area contributed by atoms with Gasteiger partial charge >= 0.3 is 5.97 Å². The summed E-state index contributed by atoms with van der Waals surface area (Å²) >= 11 is 0. The van der Waals surface area contributed by atoms with Crippen molar-refractivity contribution in [3.05, 3.63) is 51.4 Å². The van der Waals surface area contributed by atoms with Crippen LogP contribution in [-0.4, -0.2) is 54.8 Å². The van der Waals surface area contributed by atoms with Crippen LogP contribution in [0.4, 0.5) is 11.6 Å². The van der Waals surface area contributed by atoms with Crippen LogP contribution in [0.15, 0.2) is 29.1 Å². The second kappa shape index (κ2) is 11.4. The molecule has 0 aliphatic carbocycles. The van der Waals surface area contributed by atoms with Gasteiger partial charge < -0.3 is 19.7 Å². The Balaban J connectivity index is 1.53. The van der Waals surface area contributed by atoms with E-state index in [0.29, 0.717) is 61.4 Å². The molecule has 9 nitrogen and oxygen atoms in total. The zero-order valence-electron chi connectivity index (χ0n) is 18.6. The smallest absolute Gasteiger partial charge is 0.338 e. The minimum Gasteiger partial charge on any atom is -0.462 e. The molecule has 2 aromatic rings. The van der Waals surface area contributed by atoms with E-state index in [0.717, 1.165) is 12.8 Å². The fourth-order valence-corrected chi connectivity index (χ4v) is 3.36. The maximum atomic E-state index is 12.5. The number of hydrogen-bond donors (Lipinski definition) is 2. The zero-order chi connectivity index (χ0) is 22.9. The number of carbonyl (C=O) groups excluding carboxylic acids is 2. The second-order valence-electron chi connectivity index (χ2n) is 7.67. The molecule has 9 heteroatoms. The number of unbranched alkanes of at least 4 members (excludes halogenated alkanes) is 1. The molecular weight excluding hydrogens is 412 g/mol. The van der Waals surface area contributed by atoms with E-state index >= 15 is 0 Å². The number of amides is 1. The topological polar surface area (TPSA) is 114 Å². The molecule has 0 saturated carbocycles. The van der Waals surface area contributed by atoms with Crippen molar-refractivity contribution < 1.29 is 19.1 Å². The monoisotopic (exact) mass is 442 g/mol. The van der Waals surface area contributed by atoms with Crippen LogP contribution in [0.3, 0.4) is 0 Å². The highest BCUT2D eigenvalue weighted by Crippen LogP contribution is 2.14. The Morgan fingerprint density at radius 1 is 1.22 bits per heavy atom. The predicted molar refractivity (Wildman–Crippen MR) is 121 cm³/mol. The summed E-state index contributed by atoms with van der Waals surface area (Å²) in [5, 5.41) is 2.79. The summed E-state index contributed by atoms with van der Waals surface area (Å²) in [5.41, 5.74) is 1.91. The lowest BCUT2D eigenvalue weighted by Gasteiger charge is -2.27. The Bertz CT molecular complexity index is 981. The molecule has 32 heavy (non-hydrogen) atoms. The van der Waals surface area contributed by atoms with Crippen LogP contribution in [0.5, 0.6) is 0 Å². The number of aromatic amines is 1. The van der Waals surface area contributed by atoms with Gasteiger partial charge in [-0.25, -0.2) is 9.78 Å². The second-order valence-corrected chi connectivity index (χ2v) is 7.67. The molecule has 1 aliphatic heterocycles. The van der Waals surface area contributed by atoms with Crippen LogP contribution in [0, 0.1) is 6.92 Å². The van der Waals surface area contributed by atoms with Crippen molar-refractivity contribution in [2.45, 2.75) is 39.5 Å². The summed E-state index contributed by atoms with van der Waals surface area (Å²) in [6.45, 7) is 6.77. The molecule has 2 N–H and O–H groups in total. The number of nitrogens with zero attached hydrogens (tertiary/aromatic N) is 2. The van der Waals surface area contributed by atoms with Crippen LogP contribution < -0.4 is 15.8 Å². The number of aromatic nitrogens is 2. The molecular formula is C23H30N4O5. The first-order chi connectivity index (χ1) is 15.5. The number of ether oxygens (including phenoxy) is 2. The third kappa shape index (κ3) is 6.40. The zero-order valence-corrected chi connectivity index (χ0v) is 18.6. The first kappa shape index (κ1) is 23.5. The Kier molecular flexibility index (Phi) is 8.38. The number of rotatable bonds is 9. The van der Waals surface area contributed by atoms with Gasteiger partial charge in [-0.15, -0.1) is 0 Å². The van der Waals surface area contributed by atoms with Gasteiger partial charge in [-0.3, -0.25) is 14.6 Å². The van der Waals surface area contributed by atoms with Crippen molar-refractivity contribution in [3.8, 4) is 0 Å². The number of anilines is 2. The molecule has 1 amide bonds. The van der Waals surface area contributed by atoms with Crippen LogP contribution >= 0.6 is 0 Å². The normalized spacial score (nSPS) is 13.6. The van der Waals surface area contributed by atoms with E-state index in [1.54, 1.807) is 31.2 Å². The maximum Gasteiger partial charge on any atom is 0.338 e. The number of benzene rings is 1. The fourth-order valence-electron chi connectivity index (χ4n) is 3.36. The van der Waals surface area contributed by atoms with Crippen LogP contribution in [0.1, 0.15) is 47.8 Å². The Labute approximate surface area is 187 Å². The fraction of sp³-hybridized carbons (Fsp3) is 0.478. The number of H-pyrrole nitrogens is 1. The van der Waals surface area contributed by atoms with E-state index in [4.69, 9.17) is 9.47 Å². The van der Waals surface area contributed by atoms with E-state index < -0.39 is 0 Å². The molecule has 1 saturated heterocycles. The van der Waals surface area contributed by atoms with Gasteiger partial charge in [-0.2, -0.15) is 0 Å². The van der Waals surface area contributed by atoms with Gasteiger partial charge in [0.2, 0.25) is 11.9 Å². The molecule has 1 aromatic carbocycles. The Morgan fingerprint density at radius 2 is 1.94 bits per heavy atom. The summed E-state index contributed by atoms with van der Waals surface area (Å²) in [6, 6.07) is 6.55. The van der Waals surface area contributed by atoms with Gasteiger partial charge in [-0.05, 0) is 44.0 Å². The average Bonchev–Trinajstić information content (AvgIpc) is 2.79. The highest BCUT2D eigenvalue weighted by Gasteiger charge is 2.17. The van der Waals surface area contributed by atoms with E-state index in [1.165, 1.54) is 0 Å².